The van der Waals surface area contributed by atoms with E-state index >= 15 is 0 Å². The second kappa shape index (κ2) is 7.16. The van der Waals surface area contributed by atoms with E-state index in [-0.39, 0.29) is 18.4 Å². The molecule has 0 unspecified atom stereocenters. The van der Waals surface area contributed by atoms with Crippen LogP contribution in [0.3, 0.4) is 0 Å². The molecule has 0 bridgehead atoms. The van der Waals surface area contributed by atoms with Crippen molar-refractivity contribution in [2.75, 3.05) is 11.4 Å². The van der Waals surface area contributed by atoms with E-state index in [0.29, 0.717) is 12.2 Å². The summed E-state index contributed by atoms with van der Waals surface area (Å²) in [5.74, 6) is -1.22. The summed E-state index contributed by atoms with van der Waals surface area (Å²) < 4.78 is 0. The standard InChI is InChI=1S/C22H26N2O3/c1-21(2,3)17-11-9-16(10-12-17)15-23-19(25)22(27)13-14-24(20(22)26)18-7-5-4-6-8-18/h4-12,27H,13-15H2,1-3H3,(H,23,25)/t22-/m0/s1. The Morgan fingerprint density at radius 2 is 1.74 bits per heavy atom. The molecule has 2 amide bonds. The molecular weight excluding hydrogens is 340 g/mol. The Labute approximate surface area is 160 Å². The summed E-state index contributed by atoms with van der Waals surface area (Å²) >= 11 is 0. The number of nitrogens with zero attached hydrogens (tertiary/aromatic N) is 1. The van der Waals surface area contributed by atoms with Gasteiger partial charge in [-0.2, -0.15) is 0 Å². The second-order valence-corrected chi connectivity index (χ2v) is 8.03. The Hall–Kier alpha value is -2.66. The maximum absolute atomic E-state index is 12.7. The zero-order chi connectivity index (χ0) is 19.7. The van der Waals surface area contributed by atoms with Gasteiger partial charge in [0.1, 0.15) is 0 Å². The molecular formula is C22H26N2O3. The van der Waals surface area contributed by atoms with Gasteiger partial charge in [-0.05, 0) is 28.7 Å². The predicted octanol–water partition coefficient (Wildman–Crippen LogP) is 2.77. The van der Waals surface area contributed by atoms with Crippen molar-refractivity contribution in [3.63, 3.8) is 0 Å². The average Bonchev–Trinajstić information content (AvgIpc) is 2.96. The Bertz CT molecular complexity index is 825. The lowest BCUT2D eigenvalue weighted by atomic mass is 9.87. The van der Waals surface area contributed by atoms with Crippen molar-refractivity contribution in [1.29, 1.82) is 0 Å². The SMILES string of the molecule is CC(C)(C)c1ccc(CNC(=O)[C@@]2(O)CCN(c3ccccc3)C2=O)cc1. The first-order valence-electron chi connectivity index (χ1n) is 9.19. The molecule has 1 aliphatic heterocycles. The van der Waals surface area contributed by atoms with Crippen molar-refractivity contribution in [2.24, 2.45) is 0 Å². The first-order chi connectivity index (χ1) is 12.7. The summed E-state index contributed by atoms with van der Waals surface area (Å²) in [4.78, 5) is 26.7. The van der Waals surface area contributed by atoms with Gasteiger partial charge >= 0.3 is 0 Å². The van der Waals surface area contributed by atoms with Crippen LogP contribution in [-0.4, -0.2) is 29.1 Å². The highest BCUT2D eigenvalue weighted by Gasteiger charge is 2.51. The quantitative estimate of drug-likeness (QED) is 0.818. The summed E-state index contributed by atoms with van der Waals surface area (Å²) in [6, 6.07) is 17.1. The molecule has 3 rings (SSSR count). The Morgan fingerprint density at radius 3 is 2.33 bits per heavy atom. The molecule has 2 aromatic carbocycles. The third kappa shape index (κ3) is 3.88. The number of hydrogen-bond donors (Lipinski definition) is 2. The Balaban J connectivity index is 1.65. The number of para-hydroxylation sites is 1. The van der Waals surface area contributed by atoms with Gasteiger partial charge in [-0.1, -0.05) is 63.2 Å². The minimum Gasteiger partial charge on any atom is -0.372 e. The first kappa shape index (κ1) is 19.1. The minimum absolute atomic E-state index is 0.0636. The molecule has 5 heteroatoms. The smallest absolute Gasteiger partial charge is 0.268 e. The van der Waals surface area contributed by atoms with Crippen molar-refractivity contribution < 1.29 is 14.7 Å². The summed E-state index contributed by atoms with van der Waals surface area (Å²) in [7, 11) is 0. The lowest BCUT2D eigenvalue weighted by Crippen LogP contribution is -2.52. The lowest BCUT2D eigenvalue weighted by Gasteiger charge is -2.22. The van der Waals surface area contributed by atoms with Gasteiger partial charge < -0.3 is 15.3 Å². The molecule has 1 saturated heterocycles. The van der Waals surface area contributed by atoms with Crippen molar-refractivity contribution in [3.05, 3.63) is 65.7 Å². The number of carbonyl (C=O) groups is 2. The van der Waals surface area contributed by atoms with Crippen LogP contribution >= 0.6 is 0 Å². The summed E-state index contributed by atoms with van der Waals surface area (Å²) in [5, 5.41) is 13.4. The zero-order valence-corrected chi connectivity index (χ0v) is 16.0. The van der Waals surface area contributed by atoms with Crippen molar-refractivity contribution >= 4 is 17.5 Å². The third-order valence-electron chi connectivity index (χ3n) is 5.01. The Morgan fingerprint density at radius 1 is 1.11 bits per heavy atom. The molecule has 27 heavy (non-hydrogen) atoms. The van der Waals surface area contributed by atoms with Crippen LogP contribution in [0.2, 0.25) is 0 Å². The van der Waals surface area contributed by atoms with E-state index in [2.05, 4.69) is 26.1 Å². The number of hydrogen-bond acceptors (Lipinski definition) is 3. The van der Waals surface area contributed by atoms with E-state index < -0.39 is 17.4 Å². The van der Waals surface area contributed by atoms with Crippen LogP contribution < -0.4 is 10.2 Å². The third-order valence-corrected chi connectivity index (χ3v) is 5.01. The van der Waals surface area contributed by atoms with Gasteiger partial charge in [-0.15, -0.1) is 0 Å². The van der Waals surface area contributed by atoms with E-state index in [1.165, 1.54) is 10.5 Å². The van der Waals surface area contributed by atoms with Crippen LogP contribution in [0.1, 0.15) is 38.3 Å². The van der Waals surface area contributed by atoms with Gasteiger partial charge in [-0.25, -0.2) is 0 Å². The van der Waals surface area contributed by atoms with Crippen molar-refractivity contribution in [2.45, 2.75) is 44.8 Å². The number of anilines is 1. The fraction of sp³-hybridized carbons (Fsp3) is 0.364. The first-order valence-corrected chi connectivity index (χ1v) is 9.19. The second-order valence-electron chi connectivity index (χ2n) is 8.03. The largest absolute Gasteiger partial charge is 0.372 e. The molecule has 1 aliphatic rings. The maximum atomic E-state index is 12.7. The molecule has 0 spiro atoms. The van der Waals surface area contributed by atoms with E-state index in [0.717, 1.165) is 5.56 Å². The topological polar surface area (TPSA) is 69.6 Å². The lowest BCUT2D eigenvalue weighted by molar-refractivity contribution is -0.149. The van der Waals surface area contributed by atoms with Gasteiger partial charge in [-0.3, -0.25) is 9.59 Å². The van der Waals surface area contributed by atoms with Crippen LogP contribution in [0.15, 0.2) is 54.6 Å². The summed E-state index contributed by atoms with van der Waals surface area (Å²) in [6.45, 7) is 7.01. The summed E-state index contributed by atoms with van der Waals surface area (Å²) in [5.41, 5.74) is 0.866. The monoisotopic (exact) mass is 366 g/mol. The number of benzene rings is 2. The highest BCUT2D eigenvalue weighted by Crippen LogP contribution is 2.28. The number of aliphatic hydroxyl groups is 1. The molecule has 5 nitrogen and oxygen atoms in total. The van der Waals surface area contributed by atoms with Crippen LogP contribution in [0.25, 0.3) is 0 Å². The maximum Gasteiger partial charge on any atom is 0.268 e. The van der Waals surface area contributed by atoms with E-state index in [9.17, 15) is 14.7 Å². The highest BCUT2D eigenvalue weighted by molar-refractivity contribution is 6.16. The molecule has 0 radical (unpaired) electrons. The van der Waals surface area contributed by atoms with Gasteiger partial charge in [0.25, 0.3) is 11.8 Å². The summed E-state index contributed by atoms with van der Waals surface area (Å²) in [6.07, 6.45) is 0.0789. The van der Waals surface area contributed by atoms with E-state index in [1.807, 2.05) is 42.5 Å². The molecule has 2 aromatic rings. The van der Waals surface area contributed by atoms with Crippen LogP contribution in [0.4, 0.5) is 5.69 Å². The van der Waals surface area contributed by atoms with Crippen LogP contribution in [-0.2, 0) is 21.5 Å². The molecule has 0 aliphatic carbocycles. The normalized spacial score (nSPS) is 20.0. The number of carbonyl (C=O) groups excluding carboxylic acids is 2. The Kier molecular flexibility index (Phi) is 5.07. The molecule has 1 fully saturated rings. The molecule has 0 saturated carbocycles. The van der Waals surface area contributed by atoms with Crippen LogP contribution in [0, 0.1) is 0 Å². The molecule has 1 heterocycles. The van der Waals surface area contributed by atoms with Gasteiger partial charge in [0.2, 0.25) is 5.60 Å². The molecule has 1 atom stereocenters. The number of nitrogens with one attached hydrogen (secondary N) is 1. The van der Waals surface area contributed by atoms with E-state index in [4.69, 9.17) is 0 Å². The van der Waals surface area contributed by atoms with Crippen LogP contribution in [0.5, 0.6) is 0 Å². The van der Waals surface area contributed by atoms with E-state index in [1.54, 1.807) is 12.1 Å². The fourth-order valence-corrected chi connectivity index (χ4v) is 3.22. The van der Waals surface area contributed by atoms with Crippen molar-refractivity contribution in [3.8, 4) is 0 Å². The molecule has 142 valence electrons. The van der Waals surface area contributed by atoms with Gasteiger partial charge in [0.15, 0.2) is 0 Å². The predicted molar refractivity (Wildman–Crippen MR) is 105 cm³/mol. The highest BCUT2D eigenvalue weighted by atomic mass is 16.3. The van der Waals surface area contributed by atoms with Crippen molar-refractivity contribution in [1.82, 2.24) is 5.32 Å². The number of rotatable bonds is 4. The number of amides is 2. The minimum atomic E-state index is -2.01. The average molecular weight is 366 g/mol. The zero-order valence-electron chi connectivity index (χ0n) is 16.0. The fourth-order valence-electron chi connectivity index (χ4n) is 3.22. The van der Waals surface area contributed by atoms with Gasteiger partial charge in [0, 0.05) is 25.2 Å². The molecule has 0 aromatic heterocycles. The molecule has 2 N–H and O–H groups in total. The van der Waals surface area contributed by atoms with Gasteiger partial charge in [0.05, 0.1) is 0 Å².